The molecule has 2 aliphatic carbocycles. The molecule has 4 atom stereocenters. The highest BCUT2D eigenvalue weighted by atomic mass is 32.2. The molecule has 2 saturated carbocycles. The Hall–Kier alpha value is -3.23. The van der Waals surface area contributed by atoms with Crippen LogP contribution in [0.15, 0.2) is 53.4 Å². The summed E-state index contributed by atoms with van der Waals surface area (Å²) in [5.41, 5.74) is -2.57. The standard InChI is InChI=1S/C29H34N2O10S/c1-39-22-12-10-20(11-13-22)19-40-30(42(37,38)24-8-3-2-7-23(24)31(35)36)17-5-15-28-21(6-4-9-25(28)32)18-26(33)29(28)16-14-27(34)41-29/h2-3,7-8,10-13,21,27,34H,4-6,9,14-19H2,1H3/t21-,27?,28+,29-/m0/s1. The predicted molar refractivity (Wildman–Crippen MR) is 147 cm³/mol. The van der Waals surface area contributed by atoms with Gasteiger partial charge in [0.25, 0.3) is 15.7 Å². The Morgan fingerprint density at radius 3 is 2.52 bits per heavy atom. The second-order valence-electron chi connectivity index (χ2n) is 11.0. The molecule has 226 valence electrons. The quantitative estimate of drug-likeness (QED) is 0.296. The van der Waals surface area contributed by atoms with Crippen LogP contribution in [0.5, 0.6) is 5.75 Å². The molecule has 0 aromatic heterocycles. The second-order valence-corrected chi connectivity index (χ2v) is 12.8. The van der Waals surface area contributed by atoms with Crippen LogP contribution in [0.25, 0.3) is 0 Å². The lowest BCUT2D eigenvalue weighted by Crippen LogP contribution is -2.57. The van der Waals surface area contributed by atoms with E-state index in [0.717, 1.165) is 16.6 Å². The van der Waals surface area contributed by atoms with E-state index >= 15 is 0 Å². The van der Waals surface area contributed by atoms with Crippen LogP contribution < -0.4 is 4.74 Å². The average Bonchev–Trinajstić information content (AvgIpc) is 3.49. The van der Waals surface area contributed by atoms with E-state index in [0.29, 0.717) is 24.2 Å². The summed E-state index contributed by atoms with van der Waals surface area (Å²) in [6, 6.07) is 11.8. The molecule has 1 saturated heterocycles. The second kappa shape index (κ2) is 11.8. The third kappa shape index (κ3) is 5.13. The Morgan fingerprint density at radius 1 is 1.12 bits per heavy atom. The zero-order valence-corrected chi connectivity index (χ0v) is 24.1. The average molecular weight is 603 g/mol. The molecule has 42 heavy (non-hydrogen) atoms. The van der Waals surface area contributed by atoms with Crippen molar-refractivity contribution in [2.75, 3.05) is 13.7 Å². The normalized spacial score (nSPS) is 27.5. The number of hydrogen-bond acceptors (Lipinski definition) is 10. The first-order chi connectivity index (χ1) is 20.0. The van der Waals surface area contributed by atoms with Crippen molar-refractivity contribution in [3.63, 3.8) is 0 Å². The maximum Gasteiger partial charge on any atom is 0.289 e. The molecule has 0 radical (unpaired) electrons. The number of carbonyl (C=O) groups is 2. The fraction of sp³-hybridized carbons (Fsp3) is 0.517. The van der Waals surface area contributed by atoms with E-state index in [2.05, 4.69) is 0 Å². The fourth-order valence-corrected chi connectivity index (χ4v) is 8.41. The number of carbonyl (C=O) groups excluding carboxylic acids is 2. The number of ether oxygens (including phenoxy) is 2. The summed E-state index contributed by atoms with van der Waals surface area (Å²) in [5.74, 6) is 0.0378. The van der Waals surface area contributed by atoms with Crippen LogP contribution in [0.3, 0.4) is 0 Å². The summed E-state index contributed by atoms with van der Waals surface area (Å²) in [4.78, 5) is 43.1. The van der Waals surface area contributed by atoms with E-state index < -0.39 is 42.8 Å². The van der Waals surface area contributed by atoms with Crippen molar-refractivity contribution in [1.29, 1.82) is 0 Å². The Balaban J connectivity index is 1.44. The summed E-state index contributed by atoms with van der Waals surface area (Å²) in [6.45, 7) is -0.395. The molecular weight excluding hydrogens is 568 g/mol. The molecule has 3 fully saturated rings. The highest BCUT2D eigenvalue weighted by molar-refractivity contribution is 7.89. The van der Waals surface area contributed by atoms with Gasteiger partial charge in [-0.2, -0.15) is 0 Å². The SMILES string of the molecule is COc1ccc(CON(CCC[C@]23C(=O)CCC[C@H]2CC(=O)[C@@]32CCC(O)O2)S(=O)(=O)c2ccccc2[N+](=O)[O-])cc1. The van der Waals surface area contributed by atoms with Gasteiger partial charge in [-0.15, -0.1) is 0 Å². The zero-order chi connectivity index (χ0) is 30.1. The van der Waals surface area contributed by atoms with Gasteiger partial charge in [0.2, 0.25) is 0 Å². The van der Waals surface area contributed by atoms with Crippen LogP contribution in [0.4, 0.5) is 5.69 Å². The number of para-hydroxylation sites is 1. The van der Waals surface area contributed by atoms with E-state index in [9.17, 15) is 33.2 Å². The topological polar surface area (TPSA) is 163 Å². The molecule has 5 rings (SSSR count). The van der Waals surface area contributed by atoms with Gasteiger partial charge in [-0.25, -0.2) is 8.42 Å². The van der Waals surface area contributed by atoms with Crippen molar-refractivity contribution in [1.82, 2.24) is 4.47 Å². The molecule has 1 aliphatic heterocycles. The van der Waals surface area contributed by atoms with Gasteiger partial charge >= 0.3 is 0 Å². The number of hydrogen-bond donors (Lipinski definition) is 1. The number of benzene rings is 2. The smallest absolute Gasteiger partial charge is 0.289 e. The predicted octanol–water partition coefficient (Wildman–Crippen LogP) is 3.70. The molecule has 3 aliphatic rings. The summed E-state index contributed by atoms with van der Waals surface area (Å²) in [7, 11) is -3.01. The highest BCUT2D eigenvalue weighted by Crippen LogP contribution is 2.62. The lowest BCUT2D eigenvalue weighted by Gasteiger charge is -2.46. The van der Waals surface area contributed by atoms with Gasteiger partial charge in [0.1, 0.15) is 17.1 Å². The van der Waals surface area contributed by atoms with E-state index in [1.54, 1.807) is 24.3 Å². The van der Waals surface area contributed by atoms with Gasteiger partial charge in [0, 0.05) is 31.9 Å². The fourth-order valence-electron chi connectivity index (χ4n) is 6.98. The number of aliphatic hydroxyl groups is 1. The van der Waals surface area contributed by atoms with Crippen LogP contribution in [0, 0.1) is 21.4 Å². The van der Waals surface area contributed by atoms with Gasteiger partial charge < -0.3 is 14.6 Å². The summed E-state index contributed by atoms with van der Waals surface area (Å²) >= 11 is 0. The number of aliphatic hydroxyl groups excluding tert-OH is 1. The molecule has 1 unspecified atom stereocenters. The monoisotopic (exact) mass is 602 g/mol. The number of methoxy groups -OCH3 is 1. The van der Waals surface area contributed by atoms with Crippen molar-refractivity contribution in [2.45, 2.75) is 74.8 Å². The minimum absolute atomic E-state index is 0.106. The molecule has 1 N–H and O–H groups in total. The van der Waals surface area contributed by atoms with Crippen LogP contribution in [-0.2, 0) is 35.8 Å². The van der Waals surface area contributed by atoms with Crippen LogP contribution in [-0.4, -0.2) is 60.0 Å². The molecule has 12 nitrogen and oxygen atoms in total. The Bertz CT molecular complexity index is 1460. The van der Waals surface area contributed by atoms with E-state index in [1.807, 2.05) is 0 Å². The minimum Gasteiger partial charge on any atom is -0.497 e. The molecule has 2 aromatic carbocycles. The number of rotatable bonds is 11. The van der Waals surface area contributed by atoms with Gasteiger partial charge in [-0.3, -0.25) is 24.5 Å². The molecule has 1 spiro atoms. The lowest BCUT2D eigenvalue weighted by atomic mass is 9.58. The Kier molecular flexibility index (Phi) is 8.50. The first-order valence-corrected chi connectivity index (χ1v) is 15.4. The lowest BCUT2D eigenvalue weighted by molar-refractivity contribution is -0.387. The number of fused-ring (bicyclic) bond motifs is 2. The van der Waals surface area contributed by atoms with Crippen molar-refractivity contribution < 1.29 is 42.3 Å². The third-order valence-electron chi connectivity index (χ3n) is 8.89. The van der Waals surface area contributed by atoms with E-state index in [4.69, 9.17) is 14.3 Å². The van der Waals surface area contributed by atoms with Gasteiger partial charge in [0.15, 0.2) is 17.0 Å². The molecule has 0 bridgehead atoms. The number of Topliss-reactive ketones (excluding diaryl/α,β-unsaturated/α-hetero) is 2. The largest absolute Gasteiger partial charge is 0.497 e. The number of hydroxylamine groups is 1. The number of nitro groups is 1. The van der Waals surface area contributed by atoms with E-state index in [1.165, 1.54) is 19.2 Å². The number of nitrogens with zero attached hydrogens (tertiary/aromatic N) is 2. The van der Waals surface area contributed by atoms with Gasteiger partial charge in [0.05, 0.1) is 24.1 Å². The van der Waals surface area contributed by atoms with Crippen molar-refractivity contribution in [3.8, 4) is 5.75 Å². The minimum atomic E-state index is -4.53. The van der Waals surface area contributed by atoms with E-state index in [-0.39, 0.29) is 69.2 Å². The van der Waals surface area contributed by atoms with Crippen molar-refractivity contribution in [3.05, 3.63) is 64.2 Å². The first kappa shape index (κ1) is 30.2. The maximum atomic E-state index is 13.8. The molecular formula is C29H34N2O10S. The van der Waals surface area contributed by atoms with Crippen LogP contribution >= 0.6 is 0 Å². The number of ketones is 2. The molecule has 1 heterocycles. The molecule has 0 amide bonds. The highest BCUT2D eigenvalue weighted by Gasteiger charge is 2.71. The Labute approximate surface area is 243 Å². The van der Waals surface area contributed by atoms with Gasteiger partial charge in [-0.05, 0) is 61.8 Å². The zero-order valence-electron chi connectivity index (χ0n) is 23.3. The Morgan fingerprint density at radius 2 is 1.86 bits per heavy atom. The maximum absolute atomic E-state index is 13.8. The molecule has 13 heteroatoms. The van der Waals surface area contributed by atoms with Crippen LogP contribution in [0.2, 0.25) is 0 Å². The first-order valence-electron chi connectivity index (χ1n) is 14.0. The number of nitro benzene ring substituents is 1. The van der Waals surface area contributed by atoms with Crippen LogP contribution in [0.1, 0.15) is 56.9 Å². The summed E-state index contributed by atoms with van der Waals surface area (Å²) < 4.78 is 39.3. The van der Waals surface area contributed by atoms with Crippen molar-refractivity contribution in [2.24, 2.45) is 11.3 Å². The molecule has 2 aromatic rings. The number of sulfonamides is 1. The summed E-state index contributed by atoms with van der Waals surface area (Å²) in [5, 5.41) is 21.9. The van der Waals surface area contributed by atoms with Gasteiger partial charge in [-0.1, -0.05) is 28.7 Å². The summed E-state index contributed by atoms with van der Waals surface area (Å²) in [6.07, 6.45) is 1.32. The van der Waals surface area contributed by atoms with Crippen molar-refractivity contribution >= 4 is 27.3 Å². The third-order valence-corrected chi connectivity index (χ3v) is 10.6.